The van der Waals surface area contributed by atoms with Crippen LogP contribution in [-0.4, -0.2) is 27.0 Å². The molecule has 0 atom stereocenters. The van der Waals surface area contributed by atoms with Gasteiger partial charge < -0.3 is 5.32 Å². The molecule has 100 valence electrons. The maximum Gasteiger partial charge on any atom is 0.244 e. The highest BCUT2D eigenvalue weighted by Gasteiger charge is 2.23. The van der Waals surface area contributed by atoms with Crippen LogP contribution in [0.4, 0.5) is 5.82 Å². The molecule has 0 spiro atoms. The van der Waals surface area contributed by atoms with Gasteiger partial charge >= 0.3 is 0 Å². The molecule has 1 aliphatic carbocycles. The highest BCUT2D eigenvalue weighted by atomic mass is 79.9. The molecule has 0 unspecified atom stereocenters. The summed E-state index contributed by atoms with van der Waals surface area (Å²) in [6.07, 6.45) is 4.99. The summed E-state index contributed by atoms with van der Waals surface area (Å²) in [7, 11) is -1.85. The Morgan fingerprint density at radius 2 is 2.22 bits per heavy atom. The first-order valence-electron chi connectivity index (χ1n) is 5.86. The first-order chi connectivity index (χ1) is 8.53. The summed E-state index contributed by atoms with van der Waals surface area (Å²) in [5, 5.41) is 2.79. The molecule has 1 saturated carbocycles. The first kappa shape index (κ1) is 13.8. The van der Waals surface area contributed by atoms with Crippen LogP contribution in [0.5, 0.6) is 0 Å². The number of rotatable bonds is 5. The van der Waals surface area contributed by atoms with E-state index in [4.69, 9.17) is 0 Å². The van der Waals surface area contributed by atoms with Gasteiger partial charge in [0.1, 0.15) is 10.7 Å². The summed E-state index contributed by atoms with van der Waals surface area (Å²) < 4.78 is 27.7. The summed E-state index contributed by atoms with van der Waals surface area (Å²) in [6, 6.07) is 1.56. The first-order valence-corrected chi connectivity index (χ1v) is 8.13. The van der Waals surface area contributed by atoms with Crippen LogP contribution < -0.4 is 10.0 Å². The summed E-state index contributed by atoms with van der Waals surface area (Å²) in [4.78, 5) is 4.23. The molecular formula is C11H16BrN3O2S. The molecule has 1 fully saturated rings. The van der Waals surface area contributed by atoms with Gasteiger partial charge in [-0.25, -0.2) is 18.1 Å². The van der Waals surface area contributed by atoms with Gasteiger partial charge in [-0.2, -0.15) is 0 Å². The van der Waals surface area contributed by atoms with E-state index in [9.17, 15) is 8.42 Å². The van der Waals surface area contributed by atoms with E-state index in [0.717, 1.165) is 12.8 Å². The maximum absolute atomic E-state index is 12.2. The van der Waals surface area contributed by atoms with E-state index in [-0.39, 0.29) is 4.90 Å². The average Bonchev–Trinajstić information content (AvgIpc) is 2.26. The van der Waals surface area contributed by atoms with Gasteiger partial charge in [0.25, 0.3) is 0 Å². The predicted molar refractivity (Wildman–Crippen MR) is 74.0 cm³/mol. The largest absolute Gasteiger partial charge is 0.372 e. The Hall–Kier alpha value is -0.660. The number of sulfonamides is 1. The minimum Gasteiger partial charge on any atom is -0.372 e. The SMILES string of the molecule is CNc1ncc(Br)cc1S(=O)(=O)NCC1CCC1. The van der Waals surface area contributed by atoms with Crippen molar-refractivity contribution >= 4 is 31.8 Å². The zero-order chi connectivity index (χ0) is 13.2. The second kappa shape index (κ2) is 5.54. The molecule has 2 N–H and O–H groups in total. The van der Waals surface area contributed by atoms with Crippen molar-refractivity contribution in [2.75, 3.05) is 18.9 Å². The van der Waals surface area contributed by atoms with Crippen molar-refractivity contribution in [1.82, 2.24) is 9.71 Å². The lowest BCUT2D eigenvalue weighted by molar-refractivity contribution is 0.316. The number of hydrogen-bond donors (Lipinski definition) is 2. The molecule has 0 aliphatic heterocycles. The van der Waals surface area contributed by atoms with Gasteiger partial charge in [0.05, 0.1) is 0 Å². The Kier molecular flexibility index (Phi) is 4.24. The van der Waals surface area contributed by atoms with Gasteiger partial charge in [0.2, 0.25) is 10.0 Å². The Labute approximate surface area is 116 Å². The number of halogens is 1. The van der Waals surface area contributed by atoms with Crippen molar-refractivity contribution in [2.45, 2.75) is 24.2 Å². The molecule has 1 aliphatic rings. The van der Waals surface area contributed by atoms with Gasteiger partial charge in [-0.1, -0.05) is 6.42 Å². The zero-order valence-electron chi connectivity index (χ0n) is 10.1. The number of nitrogens with zero attached hydrogens (tertiary/aromatic N) is 1. The summed E-state index contributed by atoms with van der Waals surface area (Å²) in [6.45, 7) is 0.512. The van der Waals surface area contributed by atoms with Crippen LogP contribution >= 0.6 is 15.9 Å². The molecule has 0 bridgehead atoms. The summed E-state index contributed by atoms with van der Waals surface area (Å²) in [5.41, 5.74) is 0. The van der Waals surface area contributed by atoms with Gasteiger partial charge in [-0.05, 0) is 40.8 Å². The minimum absolute atomic E-state index is 0.179. The fraction of sp³-hybridized carbons (Fsp3) is 0.545. The normalized spacial score (nSPS) is 16.3. The Morgan fingerprint density at radius 1 is 1.50 bits per heavy atom. The molecule has 1 heterocycles. The van der Waals surface area contributed by atoms with E-state index >= 15 is 0 Å². The molecule has 0 saturated heterocycles. The van der Waals surface area contributed by atoms with Crippen molar-refractivity contribution in [3.8, 4) is 0 Å². The molecule has 1 aromatic rings. The molecule has 0 radical (unpaired) electrons. The van der Waals surface area contributed by atoms with E-state index in [0.29, 0.717) is 22.8 Å². The molecule has 5 nitrogen and oxygen atoms in total. The van der Waals surface area contributed by atoms with Gasteiger partial charge in [-0.3, -0.25) is 0 Å². The van der Waals surface area contributed by atoms with Crippen molar-refractivity contribution in [3.63, 3.8) is 0 Å². The van der Waals surface area contributed by atoms with Crippen LogP contribution in [0.15, 0.2) is 21.6 Å². The number of anilines is 1. The van der Waals surface area contributed by atoms with E-state index in [2.05, 4.69) is 31.0 Å². The molecule has 0 amide bonds. The van der Waals surface area contributed by atoms with E-state index in [1.165, 1.54) is 6.42 Å². The highest BCUT2D eigenvalue weighted by molar-refractivity contribution is 9.10. The Morgan fingerprint density at radius 3 is 2.78 bits per heavy atom. The standard InChI is InChI=1S/C11H16BrN3O2S/c1-13-11-10(5-9(12)7-14-11)18(16,17)15-6-8-3-2-4-8/h5,7-8,15H,2-4,6H2,1H3,(H,13,14). The second-order valence-electron chi connectivity index (χ2n) is 4.40. The quantitative estimate of drug-likeness (QED) is 0.864. The molecule has 2 rings (SSSR count). The predicted octanol–water partition coefficient (Wildman–Crippen LogP) is 1.96. The zero-order valence-corrected chi connectivity index (χ0v) is 12.5. The molecule has 0 aromatic carbocycles. The summed E-state index contributed by atoms with van der Waals surface area (Å²) in [5.74, 6) is 0.845. The van der Waals surface area contributed by atoms with Crippen LogP contribution in [-0.2, 0) is 10.0 Å². The van der Waals surface area contributed by atoms with Crippen molar-refractivity contribution in [3.05, 3.63) is 16.7 Å². The van der Waals surface area contributed by atoms with Crippen LogP contribution in [0.1, 0.15) is 19.3 Å². The molecule has 1 aromatic heterocycles. The fourth-order valence-electron chi connectivity index (χ4n) is 1.82. The van der Waals surface area contributed by atoms with Gasteiger partial charge in [0, 0.05) is 24.3 Å². The number of aromatic nitrogens is 1. The third-order valence-electron chi connectivity index (χ3n) is 3.13. The van der Waals surface area contributed by atoms with Crippen molar-refractivity contribution in [2.24, 2.45) is 5.92 Å². The third-order valence-corrected chi connectivity index (χ3v) is 5.00. The summed E-state index contributed by atoms with van der Waals surface area (Å²) >= 11 is 3.24. The maximum atomic E-state index is 12.2. The lowest BCUT2D eigenvalue weighted by atomic mass is 9.86. The number of nitrogens with one attached hydrogen (secondary N) is 2. The lowest BCUT2D eigenvalue weighted by Crippen LogP contribution is -2.32. The molecule has 7 heteroatoms. The van der Waals surface area contributed by atoms with Crippen LogP contribution in [0.25, 0.3) is 0 Å². The van der Waals surface area contributed by atoms with E-state index < -0.39 is 10.0 Å². The second-order valence-corrected chi connectivity index (χ2v) is 7.05. The molecule has 18 heavy (non-hydrogen) atoms. The lowest BCUT2D eigenvalue weighted by Gasteiger charge is -2.25. The highest BCUT2D eigenvalue weighted by Crippen LogP contribution is 2.27. The smallest absolute Gasteiger partial charge is 0.244 e. The van der Waals surface area contributed by atoms with Gasteiger partial charge in [-0.15, -0.1) is 0 Å². The third kappa shape index (κ3) is 3.02. The van der Waals surface area contributed by atoms with Crippen molar-refractivity contribution < 1.29 is 8.42 Å². The average molecular weight is 334 g/mol. The number of hydrogen-bond acceptors (Lipinski definition) is 4. The van der Waals surface area contributed by atoms with E-state index in [1.807, 2.05) is 0 Å². The van der Waals surface area contributed by atoms with Gasteiger partial charge in [0.15, 0.2) is 0 Å². The Bertz CT molecular complexity index is 529. The minimum atomic E-state index is -3.50. The van der Waals surface area contributed by atoms with Crippen molar-refractivity contribution in [1.29, 1.82) is 0 Å². The van der Waals surface area contributed by atoms with Crippen LogP contribution in [0.3, 0.4) is 0 Å². The van der Waals surface area contributed by atoms with Crippen LogP contribution in [0.2, 0.25) is 0 Å². The Balaban J connectivity index is 2.19. The topological polar surface area (TPSA) is 71.1 Å². The monoisotopic (exact) mass is 333 g/mol. The number of pyridine rings is 1. The van der Waals surface area contributed by atoms with E-state index in [1.54, 1.807) is 19.3 Å². The fourth-order valence-corrected chi connectivity index (χ4v) is 3.60. The molecular weight excluding hydrogens is 318 g/mol. The van der Waals surface area contributed by atoms with Crippen LogP contribution in [0, 0.1) is 5.92 Å².